The first kappa shape index (κ1) is 38.1. The highest BCUT2D eigenvalue weighted by atomic mass is 31.2. The molecular formula is C32H49N4O10P. The van der Waals surface area contributed by atoms with Crippen LogP contribution in [-0.2, 0) is 44.3 Å². The standard InChI is InChI=1S/C32H49N4O10P/c1-3-4-18-27(47(42,43)46-22(2)30(39)45-31(40)26-17-11-20-33-26)36-29(38)25(35-28(37)24-14-10-15-24)16-8-9-19-34-32(41)44-21-23-12-6-5-7-13-23/h5-7,12-13,22,24-27,33H,3-4,8-11,14-21H2,1-2H3,(H,34,41)(H,35,37)(H,36,38)(H,42,43)/t22?,25?,26-,27?/m0/s1. The van der Waals surface area contributed by atoms with Crippen molar-refractivity contribution in [2.75, 3.05) is 13.1 Å². The summed E-state index contributed by atoms with van der Waals surface area (Å²) in [7, 11) is -4.66. The summed E-state index contributed by atoms with van der Waals surface area (Å²) in [6.45, 7) is 4.11. The predicted molar refractivity (Wildman–Crippen MR) is 172 cm³/mol. The van der Waals surface area contributed by atoms with Gasteiger partial charge in [0, 0.05) is 12.5 Å². The highest BCUT2D eigenvalue weighted by Crippen LogP contribution is 2.49. The summed E-state index contributed by atoms with van der Waals surface area (Å²) in [4.78, 5) is 73.9. The van der Waals surface area contributed by atoms with Gasteiger partial charge in [-0.05, 0) is 70.4 Å². The van der Waals surface area contributed by atoms with Crippen molar-refractivity contribution in [3.8, 4) is 0 Å². The van der Waals surface area contributed by atoms with Crippen LogP contribution in [0.3, 0.4) is 0 Å². The van der Waals surface area contributed by atoms with E-state index >= 15 is 0 Å². The molecule has 14 nitrogen and oxygen atoms in total. The van der Waals surface area contributed by atoms with Crippen molar-refractivity contribution in [3.63, 3.8) is 0 Å². The maximum Gasteiger partial charge on any atom is 0.407 e. The van der Waals surface area contributed by atoms with Gasteiger partial charge in [0.2, 0.25) is 11.8 Å². The molecule has 1 aliphatic carbocycles. The summed E-state index contributed by atoms with van der Waals surface area (Å²) in [5, 5.41) is 10.9. The van der Waals surface area contributed by atoms with Crippen LogP contribution in [0.5, 0.6) is 0 Å². The molecule has 5 atom stereocenters. The van der Waals surface area contributed by atoms with Crippen LogP contribution in [0.25, 0.3) is 0 Å². The summed E-state index contributed by atoms with van der Waals surface area (Å²) in [5.74, 6) is -4.38. The first-order valence-electron chi connectivity index (χ1n) is 16.5. The second-order valence-corrected chi connectivity index (χ2v) is 14.0. The average molecular weight is 681 g/mol. The van der Waals surface area contributed by atoms with Gasteiger partial charge in [0.15, 0.2) is 6.10 Å². The molecule has 1 aromatic rings. The van der Waals surface area contributed by atoms with Gasteiger partial charge in [0.05, 0.1) is 0 Å². The van der Waals surface area contributed by atoms with Gasteiger partial charge in [-0.2, -0.15) is 0 Å². The third kappa shape index (κ3) is 13.0. The van der Waals surface area contributed by atoms with E-state index in [-0.39, 0.29) is 37.8 Å². The maximum atomic E-state index is 13.5. The van der Waals surface area contributed by atoms with E-state index in [0.717, 1.165) is 31.2 Å². The quantitative estimate of drug-likeness (QED) is 0.0621. The first-order chi connectivity index (χ1) is 22.5. The number of ether oxygens (including phenoxy) is 2. The Balaban J connectivity index is 1.55. The molecule has 1 saturated carbocycles. The Morgan fingerprint density at radius 1 is 1.00 bits per heavy atom. The lowest BCUT2D eigenvalue weighted by molar-refractivity contribution is -0.165. The normalized spacial score (nSPS) is 19.3. The van der Waals surface area contributed by atoms with Crippen molar-refractivity contribution in [2.45, 2.75) is 115 Å². The molecule has 1 saturated heterocycles. The molecule has 47 heavy (non-hydrogen) atoms. The molecule has 1 aliphatic heterocycles. The van der Waals surface area contributed by atoms with E-state index in [9.17, 15) is 33.4 Å². The van der Waals surface area contributed by atoms with Gasteiger partial charge in [-0.3, -0.25) is 18.7 Å². The summed E-state index contributed by atoms with van der Waals surface area (Å²) in [6, 6.07) is 7.63. The molecular weight excluding hydrogens is 631 g/mol. The smallest absolute Gasteiger partial charge is 0.407 e. The van der Waals surface area contributed by atoms with Gasteiger partial charge in [-0.25, -0.2) is 14.4 Å². The molecule has 262 valence electrons. The van der Waals surface area contributed by atoms with Crippen molar-refractivity contribution in [3.05, 3.63) is 35.9 Å². The van der Waals surface area contributed by atoms with Crippen LogP contribution in [0.4, 0.5) is 4.79 Å². The zero-order valence-electron chi connectivity index (χ0n) is 27.2. The fraction of sp³-hybridized carbons (Fsp3) is 0.656. The second-order valence-electron chi connectivity index (χ2n) is 12.0. The minimum atomic E-state index is -4.66. The molecule has 0 bridgehead atoms. The monoisotopic (exact) mass is 680 g/mol. The highest BCUT2D eigenvalue weighted by molar-refractivity contribution is 7.53. The zero-order chi connectivity index (χ0) is 34.2. The SMILES string of the molecule is CCCCC(NC(=O)C(CCCCNC(=O)OCc1ccccc1)NC(=O)C1CCC1)P(=O)(O)OC(C)C(=O)OC(=O)[C@@H]1CCCN1. The van der Waals surface area contributed by atoms with Gasteiger partial charge in [-0.15, -0.1) is 0 Å². The molecule has 0 spiro atoms. The van der Waals surface area contributed by atoms with Gasteiger partial charge >= 0.3 is 25.6 Å². The largest absolute Gasteiger partial charge is 0.445 e. The number of hydrogen-bond acceptors (Lipinski definition) is 10. The summed E-state index contributed by atoms with van der Waals surface area (Å²) in [6.07, 6.45) is 3.84. The number of benzene rings is 1. The molecule has 1 aromatic carbocycles. The highest BCUT2D eigenvalue weighted by Gasteiger charge is 2.39. The first-order valence-corrected chi connectivity index (χ1v) is 18.2. The number of carbonyl (C=O) groups excluding carboxylic acids is 5. The third-order valence-corrected chi connectivity index (χ3v) is 10.0. The Labute approximate surface area is 276 Å². The molecule has 1 heterocycles. The molecule has 3 rings (SSSR count). The summed E-state index contributed by atoms with van der Waals surface area (Å²) >= 11 is 0. The van der Waals surface area contributed by atoms with Gasteiger partial charge in [0.25, 0.3) is 0 Å². The Kier molecular flexibility index (Phi) is 15.8. The minimum Gasteiger partial charge on any atom is -0.445 e. The van der Waals surface area contributed by atoms with E-state index < -0.39 is 55.5 Å². The Morgan fingerprint density at radius 3 is 2.38 bits per heavy atom. The number of nitrogens with one attached hydrogen (secondary N) is 4. The lowest BCUT2D eigenvalue weighted by atomic mass is 9.84. The van der Waals surface area contributed by atoms with Crippen LogP contribution in [0.2, 0.25) is 0 Å². The number of alkyl carbamates (subject to hydrolysis) is 1. The summed E-state index contributed by atoms with van der Waals surface area (Å²) in [5.41, 5.74) is 0.857. The van der Waals surface area contributed by atoms with Crippen LogP contribution >= 0.6 is 7.60 Å². The Morgan fingerprint density at radius 2 is 1.74 bits per heavy atom. The van der Waals surface area contributed by atoms with Crippen molar-refractivity contribution in [2.24, 2.45) is 5.92 Å². The fourth-order valence-electron chi connectivity index (χ4n) is 5.13. The van der Waals surface area contributed by atoms with E-state index in [1.54, 1.807) is 0 Å². The summed E-state index contributed by atoms with van der Waals surface area (Å²) < 4.78 is 28.7. The van der Waals surface area contributed by atoms with Crippen LogP contribution in [-0.4, -0.2) is 71.8 Å². The van der Waals surface area contributed by atoms with Crippen molar-refractivity contribution >= 4 is 37.4 Å². The topological polar surface area (TPSA) is 198 Å². The molecule has 2 fully saturated rings. The number of amides is 3. The van der Waals surface area contributed by atoms with Crippen LogP contribution < -0.4 is 21.3 Å². The number of hydrogen-bond donors (Lipinski definition) is 5. The van der Waals surface area contributed by atoms with Crippen LogP contribution in [0.15, 0.2) is 30.3 Å². The van der Waals surface area contributed by atoms with Crippen molar-refractivity contribution in [1.82, 2.24) is 21.3 Å². The molecule has 2 aliphatic rings. The van der Waals surface area contributed by atoms with Gasteiger partial charge in [0.1, 0.15) is 24.5 Å². The fourth-order valence-corrected chi connectivity index (χ4v) is 6.61. The molecule has 0 radical (unpaired) electrons. The predicted octanol–water partition coefficient (Wildman–Crippen LogP) is 3.41. The average Bonchev–Trinajstić information content (AvgIpc) is 3.56. The molecule has 15 heteroatoms. The number of carbonyl (C=O) groups is 5. The van der Waals surface area contributed by atoms with E-state index in [0.29, 0.717) is 38.6 Å². The van der Waals surface area contributed by atoms with E-state index in [2.05, 4.69) is 21.3 Å². The Bertz CT molecular complexity index is 1240. The van der Waals surface area contributed by atoms with E-state index in [1.165, 1.54) is 6.92 Å². The maximum absolute atomic E-state index is 13.5. The van der Waals surface area contributed by atoms with Crippen LogP contribution in [0, 0.1) is 5.92 Å². The minimum absolute atomic E-state index is 0.0705. The third-order valence-electron chi connectivity index (χ3n) is 8.23. The second kappa shape index (κ2) is 19.5. The molecule has 5 N–H and O–H groups in total. The number of esters is 2. The molecule has 3 amide bonds. The van der Waals surface area contributed by atoms with E-state index in [1.807, 2.05) is 37.3 Å². The lowest BCUT2D eigenvalue weighted by Crippen LogP contribution is -2.51. The van der Waals surface area contributed by atoms with Crippen molar-refractivity contribution in [1.29, 1.82) is 0 Å². The molecule has 0 aromatic heterocycles. The zero-order valence-corrected chi connectivity index (χ0v) is 28.1. The van der Waals surface area contributed by atoms with Gasteiger partial charge < -0.3 is 35.6 Å². The number of rotatable bonds is 19. The number of unbranched alkanes of at least 4 members (excludes halogenated alkanes) is 2. The van der Waals surface area contributed by atoms with E-state index in [4.69, 9.17) is 14.0 Å². The van der Waals surface area contributed by atoms with Gasteiger partial charge in [-0.1, -0.05) is 56.5 Å². The lowest BCUT2D eigenvalue weighted by Gasteiger charge is -2.29. The van der Waals surface area contributed by atoms with Crippen molar-refractivity contribution < 1.29 is 47.4 Å². The Hall–Kier alpha value is -3.32. The molecule has 4 unspecified atom stereocenters. The van der Waals surface area contributed by atoms with Crippen LogP contribution in [0.1, 0.15) is 90.0 Å².